The van der Waals surface area contributed by atoms with E-state index in [0.29, 0.717) is 4.47 Å². The van der Waals surface area contributed by atoms with Gasteiger partial charge in [-0.1, -0.05) is 0 Å². The highest BCUT2D eigenvalue weighted by atomic mass is 79.9. The highest BCUT2D eigenvalue weighted by Crippen LogP contribution is 2.38. The Balaban J connectivity index is 1.79. The average Bonchev–Trinajstić information content (AvgIpc) is 3.09. The second-order valence-electron chi connectivity index (χ2n) is 5.02. The molecular formula is C14H15BrN4O3S. The Kier molecular flexibility index (Phi) is 4.67. The maximum Gasteiger partial charge on any atom is 0.312 e. The summed E-state index contributed by atoms with van der Waals surface area (Å²) in [5.41, 5.74) is 0.871. The number of ether oxygens (including phenoxy) is 1. The fourth-order valence-electron chi connectivity index (χ4n) is 2.59. The van der Waals surface area contributed by atoms with Crippen molar-refractivity contribution in [3.8, 4) is 5.75 Å². The zero-order chi connectivity index (χ0) is 16.4. The van der Waals surface area contributed by atoms with Crippen LogP contribution in [0, 0.1) is 10.1 Å². The summed E-state index contributed by atoms with van der Waals surface area (Å²) in [5, 5.41) is 14.1. The average molecular weight is 399 g/mol. The Hall–Kier alpha value is -1.87. The predicted molar refractivity (Wildman–Crippen MR) is 93.9 cm³/mol. The van der Waals surface area contributed by atoms with Crippen molar-refractivity contribution < 1.29 is 9.66 Å². The lowest BCUT2D eigenvalue weighted by molar-refractivity contribution is -0.385. The van der Waals surface area contributed by atoms with Crippen molar-refractivity contribution in [1.82, 2.24) is 4.98 Å². The van der Waals surface area contributed by atoms with E-state index < -0.39 is 4.92 Å². The third-order valence-corrected chi connectivity index (χ3v) is 5.22. The molecule has 9 heteroatoms. The molecule has 1 aliphatic rings. The minimum atomic E-state index is -0.437. The van der Waals surface area contributed by atoms with Crippen LogP contribution in [0.2, 0.25) is 0 Å². The van der Waals surface area contributed by atoms with E-state index in [1.165, 1.54) is 13.2 Å². The highest BCUT2D eigenvalue weighted by Gasteiger charge is 2.24. The molecule has 7 nitrogen and oxygen atoms in total. The van der Waals surface area contributed by atoms with E-state index in [4.69, 9.17) is 4.74 Å². The van der Waals surface area contributed by atoms with Crippen LogP contribution in [0.15, 0.2) is 28.2 Å². The van der Waals surface area contributed by atoms with Crippen LogP contribution in [0.5, 0.6) is 5.75 Å². The van der Waals surface area contributed by atoms with Crippen molar-refractivity contribution in [3.05, 3.63) is 38.3 Å². The van der Waals surface area contributed by atoms with Crippen molar-refractivity contribution in [3.63, 3.8) is 0 Å². The molecule has 0 atom stereocenters. The van der Waals surface area contributed by atoms with E-state index in [2.05, 4.69) is 30.7 Å². The number of halogens is 1. The second-order valence-corrected chi connectivity index (χ2v) is 6.75. The van der Waals surface area contributed by atoms with Crippen molar-refractivity contribution >= 4 is 43.8 Å². The predicted octanol–water partition coefficient (Wildman–Crippen LogP) is 3.15. The standard InChI is InChI=1S/C14H15BrN4O3S/c1-22-13-9-11(10(15)8-12(13)19(20)21)17-3-5-18(6-4-17)14-16-2-7-23-14/h2,7-9H,3-6H2,1H3. The van der Waals surface area contributed by atoms with Crippen LogP contribution in [0.4, 0.5) is 16.5 Å². The molecule has 1 aromatic carbocycles. The molecule has 2 aromatic rings. The van der Waals surface area contributed by atoms with E-state index in [0.717, 1.165) is 37.0 Å². The molecule has 122 valence electrons. The largest absolute Gasteiger partial charge is 0.490 e. The van der Waals surface area contributed by atoms with Gasteiger partial charge in [0.1, 0.15) is 0 Å². The lowest BCUT2D eigenvalue weighted by Gasteiger charge is -2.36. The fraction of sp³-hybridized carbons (Fsp3) is 0.357. The van der Waals surface area contributed by atoms with E-state index in [1.54, 1.807) is 17.4 Å². The Morgan fingerprint density at radius 3 is 2.57 bits per heavy atom. The number of hydrogen-bond acceptors (Lipinski definition) is 7. The van der Waals surface area contributed by atoms with Gasteiger partial charge in [-0.15, -0.1) is 11.3 Å². The molecule has 0 saturated carbocycles. The first-order valence-corrected chi connectivity index (χ1v) is 8.68. The molecule has 2 heterocycles. The van der Waals surface area contributed by atoms with Gasteiger partial charge >= 0.3 is 5.69 Å². The van der Waals surface area contributed by atoms with Crippen LogP contribution < -0.4 is 14.5 Å². The summed E-state index contributed by atoms with van der Waals surface area (Å²) in [7, 11) is 1.44. The number of nitro groups is 1. The van der Waals surface area contributed by atoms with Gasteiger partial charge in [0.2, 0.25) is 0 Å². The summed E-state index contributed by atoms with van der Waals surface area (Å²) in [5.74, 6) is 0.274. The smallest absolute Gasteiger partial charge is 0.312 e. The third kappa shape index (κ3) is 3.25. The maximum absolute atomic E-state index is 11.1. The molecule has 1 aromatic heterocycles. The topological polar surface area (TPSA) is 71.7 Å². The fourth-order valence-corrected chi connectivity index (χ4v) is 3.87. The van der Waals surface area contributed by atoms with Gasteiger partial charge in [0, 0.05) is 54.4 Å². The maximum atomic E-state index is 11.1. The first kappa shape index (κ1) is 16.0. The van der Waals surface area contributed by atoms with Gasteiger partial charge in [-0.25, -0.2) is 4.98 Å². The SMILES string of the molecule is COc1cc(N2CCN(c3nccs3)CC2)c(Br)cc1[N+](=O)[O-]. The number of aromatic nitrogens is 1. The molecule has 1 aliphatic heterocycles. The lowest BCUT2D eigenvalue weighted by atomic mass is 10.2. The number of methoxy groups -OCH3 is 1. The summed E-state index contributed by atoms with van der Waals surface area (Å²) < 4.78 is 5.87. The number of benzene rings is 1. The summed E-state index contributed by atoms with van der Waals surface area (Å²) in [6.07, 6.45) is 1.81. The number of thiazole rings is 1. The Bertz CT molecular complexity index is 702. The van der Waals surface area contributed by atoms with E-state index in [1.807, 2.05) is 11.6 Å². The molecule has 3 rings (SSSR count). The Morgan fingerprint density at radius 2 is 2.00 bits per heavy atom. The minimum Gasteiger partial charge on any atom is -0.490 e. The van der Waals surface area contributed by atoms with Crippen molar-refractivity contribution in [2.24, 2.45) is 0 Å². The van der Waals surface area contributed by atoms with Crippen LogP contribution in [0.25, 0.3) is 0 Å². The number of piperazine rings is 1. The molecule has 0 amide bonds. The minimum absolute atomic E-state index is 0.0375. The van der Waals surface area contributed by atoms with Crippen LogP contribution in [-0.4, -0.2) is 43.2 Å². The van der Waals surface area contributed by atoms with E-state index >= 15 is 0 Å². The quantitative estimate of drug-likeness (QED) is 0.581. The molecule has 0 bridgehead atoms. The van der Waals surface area contributed by atoms with Gasteiger partial charge in [0.05, 0.1) is 17.7 Å². The van der Waals surface area contributed by atoms with Gasteiger partial charge in [0.15, 0.2) is 10.9 Å². The molecule has 23 heavy (non-hydrogen) atoms. The van der Waals surface area contributed by atoms with Gasteiger partial charge in [0.25, 0.3) is 0 Å². The number of nitrogens with zero attached hydrogens (tertiary/aromatic N) is 4. The first-order chi connectivity index (χ1) is 11.1. The van der Waals surface area contributed by atoms with Crippen LogP contribution in [0.1, 0.15) is 0 Å². The normalized spacial score (nSPS) is 14.9. The Morgan fingerprint density at radius 1 is 1.30 bits per heavy atom. The number of rotatable bonds is 4. The van der Waals surface area contributed by atoms with Crippen molar-refractivity contribution in [2.45, 2.75) is 0 Å². The monoisotopic (exact) mass is 398 g/mol. The second kappa shape index (κ2) is 6.71. The molecule has 1 fully saturated rings. The number of anilines is 2. The first-order valence-electron chi connectivity index (χ1n) is 7.01. The highest BCUT2D eigenvalue weighted by molar-refractivity contribution is 9.10. The van der Waals surface area contributed by atoms with Crippen molar-refractivity contribution in [1.29, 1.82) is 0 Å². The molecule has 0 radical (unpaired) electrons. The van der Waals surface area contributed by atoms with Gasteiger partial charge < -0.3 is 14.5 Å². The van der Waals surface area contributed by atoms with Gasteiger partial charge in [-0.3, -0.25) is 10.1 Å². The van der Waals surface area contributed by atoms with E-state index in [9.17, 15) is 10.1 Å². The van der Waals surface area contributed by atoms with E-state index in [-0.39, 0.29) is 11.4 Å². The third-order valence-electron chi connectivity index (χ3n) is 3.76. The molecule has 0 N–H and O–H groups in total. The van der Waals surface area contributed by atoms with Crippen LogP contribution in [-0.2, 0) is 0 Å². The van der Waals surface area contributed by atoms with Gasteiger partial charge in [-0.05, 0) is 15.9 Å². The molecule has 0 unspecified atom stereocenters. The van der Waals surface area contributed by atoms with Crippen LogP contribution in [0.3, 0.4) is 0 Å². The van der Waals surface area contributed by atoms with Gasteiger partial charge in [-0.2, -0.15) is 0 Å². The van der Waals surface area contributed by atoms with Crippen molar-refractivity contribution in [2.75, 3.05) is 43.1 Å². The molecule has 0 spiro atoms. The summed E-state index contributed by atoms with van der Waals surface area (Å²) in [6, 6.07) is 3.22. The molecule has 1 saturated heterocycles. The zero-order valence-corrected chi connectivity index (χ0v) is 14.8. The summed E-state index contributed by atoms with van der Waals surface area (Å²) in [4.78, 5) is 19.4. The van der Waals surface area contributed by atoms with Crippen LogP contribution >= 0.6 is 27.3 Å². The molecule has 0 aliphatic carbocycles. The summed E-state index contributed by atoms with van der Waals surface area (Å²) >= 11 is 5.08. The zero-order valence-electron chi connectivity index (χ0n) is 12.4. The Labute approximate surface area is 145 Å². The summed E-state index contributed by atoms with van der Waals surface area (Å²) in [6.45, 7) is 3.36. The number of hydrogen-bond donors (Lipinski definition) is 0. The number of nitro benzene ring substituents is 1. The lowest BCUT2D eigenvalue weighted by Crippen LogP contribution is -2.46. The molecular weight excluding hydrogens is 384 g/mol.